The molecule has 0 radical (unpaired) electrons. The van der Waals surface area contributed by atoms with E-state index in [0.717, 1.165) is 5.56 Å². The number of nitrogens with zero attached hydrogens (tertiary/aromatic N) is 2. The van der Waals surface area contributed by atoms with Crippen LogP contribution in [0.15, 0.2) is 53.1 Å². The van der Waals surface area contributed by atoms with E-state index in [1.54, 1.807) is 35.0 Å². The molecule has 0 aliphatic heterocycles. The number of halogens is 4. The van der Waals surface area contributed by atoms with Crippen LogP contribution in [0.3, 0.4) is 0 Å². The molecule has 3 aromatic rings. The third-order valence-electron chi connectivity index (χ3n) is 3.47. The first-order valence-electron chi connectivity index (χ1n) is 7.16. The van der Waals surface area contributed by atoms with Gasteiger partial charge in [0.25, 0.3) is 5.91 Å². The number of hydrogen-bond donors (Lipinski definition) is 1. The molecule has 1 aromatic heterocycles. The summed E-state index contributed by atoms with van der Waals surface area (Å²) in [6, 6.07) is 11.0. The van der Waals surface area contributed by atoms with Crippen LogP contribution in [-0.4, -0.2) is 15.7 Å². The van der Waals surface area contributed by atoms with Gasteiger partial charge >= 0.3 is 0 Å². The minimum atomic E-state index is -0.612. The fraction of sp³-hybridized carbons (Fsp3) is 0.0588. The normalized spacial score (nSPS) is 10.7. The van der Waals surface area contributed by atoms with Crippen molar-refractivity contribution in [3.8, 4) is 0 Å². The van der Waals surface area contributed by atoms with Crippen molar-refractivity contribution >= 4 is 50.9 Å². The van der Waals surface area contributed by atoms with Crippen LogP contribution in [-0.2, 0) is 6.54 Å². The number of nitrogens with one attached hydrogen (secondary N) is 1. The van der Waals surface area contributed by atoms with Crippen LogP contribution in [0.4, 0.5) is 10.2 Å². The lowest BCUT2D eigenvalue weighted by Gasteiger charge is -2.11. The average molecular weight is 443 g/mol. The first-order chi connectivity index (χ1) is 11.9. The van der Waals surface area contributed by atoms with Crippen LogP contribution in [0.2, 0.25) is 10.0 Å². The molecule has 2 aromatic carbocycles. The number of aromatic nitrogens is 2. The molecule has 0 aliphatic carbocycles. The highest BCUT2D eigenvalue weighted by Gasteiger charge is 2.15. The molecule has 1 heterocycles. The molecule has 0 spiro atoms. The van der Waals surface area contributed by atoms with Gasteiger partial charge in [0.15, 0.2) is 0 Å². The van der Waals surface area contributed by atoms with E-state index in [9.17, 15) is 9.18 Å². The van der Waals surface area contributed by atoms with Gasteiger partial charge in [-0.15, -0.1) is 0 Å². The van der Waals surface area contributed by atoms with E-state index in [4.69, 9.17) is 23.2 Å². The monoisotopic (exact) mass is 441 g/mol. The Bertz CT molecular complexity index is 945. The van der Waals surface area contributed by atoms with Crippen molar-refractivity contribution in [3.63, 3.8) is 0 Å². The Hall–Kier alpha value is -1.89. The number of amides is 1. The van der Waals surface area contributed by atoms with E-state index in [0.29, 0.717) is 26.9 Å². The van der Waals surface area contributed by atoms with Gasteiger partial charge in [-0.3, -0.25) is 4.79 Å². The molecular formula is C17H11BrCl2FN3O. The number of carbonyl (C=O) groups is 1. The Morgan fingerprint density at radius 2 is 2.00 bits per heavy atom. The van der Waals surface area contributed by atoms with Crippen LogP contribution < -0.4 is 5.32 Å². The summed E-state index contributed by atoms with van der Waals surface area (Å²) in [5.74, 6) is -0.744. The van der Waals surface area contributed by atoms with E-state index in [-0.39, 0.29) is 5.56 Å². The molecule has 0 atom stereocenters. The summed E-state index contributed by atoms with van der Waals surface area (Å²) in [4.78, 5) is 12.3. The standard InChI is InChI=1S/C17H11BrCl2FN3O/c18-11-2-4-13(15(21)7-11)17(25)23-16-5-6-22-24(16)9-10-1-3-12(19)8-14(10)20/h1-8H,9H2,(H,23,25). The zero-order chi connectivity index (χ0) is 18.0. The molecule has 25 heavy (non-hydrogen) atoms. The fourth-order valence-corrected chi connectivity index (χ4v) is 3.03. The molecule has 0 fully saturated rings. The van der Waals surface area contributed by atoms with Crippen molar-refractivity contribution in [2.75, 3.05) is 5.32 Å². The van der Waals surface area contributed by atoms with Gasteiger partial charge in [-0.1, -0.05) is 45.2 Å². The molecule has 3 rings (SSSR count). The molecule has 0 unspecified atom stereocenters. The van der Waals surface area contributed by atoms with Crippen molar-refractivity contribution < 1.29 is 9.18 Å². The predicted molar refractivity (Wildman–Crippen MR) is 99.8 cm³/mol. The highest BCUT2D eigenvalue weighted by molar-refractivity contribution is 9.10. The molecule has 0 bridgehead atoms. The van der Waals surface area contributed by atoms with Crippen molar-refractivity contribution in [3.05, 3.63) is 80.1 Å². The van der Waals surface area contributed by atoms with Gasteiger partial charge in [0.05, 0.1) is 18.3 Å². The lowest BCUT2D eigenvalue weighted by molar-refractivity contribution is 0.102. The number of carbonyl (C=O) groups excluding carboxylic acids is 1. The van der Waals surface area contributed by atoms with Crippen molar-refractivity contribution in [1.29, 1.82) is 0 Å². The van der Waals surface area contributed by atoms with Crippen LogP contribution in [0, 0.1) is 5.82 Å². The summed E-state index contributed by atoms with van der Waals surface area (Å²) in [5.41, 5.74) is 0.737. The Labute approximate surface area is 161 Å². The third-order valence-corrected chi connectivity index (χ3v) is 4.55. The molecule has 128 valence electrons. The van der Waals surface area contributed by atoms with E-state index >= 15 is 0 Å². The van der Waals surface area contributed by atoms with Gasteiger partial charge in [-0.05, 0) is 35.9 Å². The fourth-order valence-electron chi connectivity index (χ4n) is 2.23. The van der Waals surface area contributed by atoms with Gasteiger partial charge in [-0.25, -0.2) is 9.07 Å². The summed E-state index contributed by atoms with van der Waals surface area (Å²) in [6.45, 7) is 0.335. The first-order valence-corrected chi connectivity index (χ1v) is 8.71. The summed E-state index contributed by atoms with van der Waals surface area (Å²) in [5, 5.41) is 7.86. The summed E-state index contributed by atoms with van der Waals surface area (Å²) >= 11 is 15.2. The number of anilines is 1. The van der Waals surface area contributed by atoms with Crippen LogP contribution in [0.1, 0.15) is 15.9 Å². The van der Waals surface area contributed by atoms with Gasteiger partial charge < -0.3 is 5.32 Å². The SMILES string of the molecule is O=C(Nc1ccnn1Cc1ccc(Cl)cc1Cl)c1ccc(Br)cc1F. The second kappa shape index (κ2) is 7.56. The lowest BCUT2D eigenvalue weighted by Crippen LogP contribution is -2.17. The molecule has 0 saturated carbocycles. The van der Waals surface area contributed by atoms with Crippen LogP contribution in [0.5, 0.6) is 0 Å². The number of benzene rings is 2. The summed E-state index contributed by atoms with van der Waals surface area (Å²) in [7, 11) is 0. The van der Waals surface area contributed by atoms with Gasteiger partial charge in [-0.2, -0.15) is 5.10 Å². The Balaban J connectivity index is 1.81. The summed E-state index contributed by atoms with van der Waals surface area (Å²) in [6.07, 6.45) is 1.54. The van der Waals surface area contributed by atoms with E-state index in [1.807, 2.05) is 0 Å². The average Bonchev–Trinajstić information content (AvgIpc) is 2.97. The molecule has 4 nitrogen and oxygen atoms in total. The largest absolute Gasteiger partial charge is 0.307 e. The minimum Gasteiger partial charge on any atom is -0.307 e. The highest BCUT2D eigenvalue weighted by atomic mass is 79.9. The van der Waals surface area contributed by atoms with Crippen molar-refractivity contribution in [1.82, 2.24) is 9.78 Å². The zero-order valence-corrected chi connectivity index (χ0v) is 15.7. The van der Waals surface area contributed by atoms with Crippen molar-refractivity contribution in [2.24, 2.45) is 0 Å². The second-order valence-electron chi connectivity index (χ2n) is 5.19. The molecule has 8 heteroatoms. The minimum absolute atomic E-state index is 0.0551. The topological polar surface area (TPSA) is 46.9 Å². The lowest BCUT2D eigenvalue weighted by atomic mass is 10.2. The van der Waals surface area contributed by atoms with Crippen molar-refractivity contribution in [2.45, 2.75) is 6.54 Å². The Kier molecular flexibility index (Phi) is 5.42. The Morgan fingerprint density at radius 3 is 2.72 bits per heavy atom. The maximum atomic E-state index is 13.9. The second-order valence-corrected chi connectivity index (χ2v) is 6.95. The zero-order valence-electron chi connectivity index (χ0n) is 12.6. The third kappa shape index (κ3) is 4.21. The first kappa shape index (κ1) is 17.9. The molecular weight excluding hydrogens is 432 g/mol. The van der Waals surface area contributed by atoms with E-state index in [1.165, 1.54) is 18.3 Å². The number of rotatable bonds is 4. The smallest absolute Gasteiger partial charge is 0.259 e. The number of hydrogen-bond acceptors (Lipinski definition) is 2. The van der Waals surface area contributed by atoms with Crippen LogP contribution >= 0.6 is 39.1 Å². The Morgan fingerprint density at radius 1 is 1.20 bits per heavy atom. The molecule has 0 saturated heterocycles. The molecule has 1 N–H and O–H groups in total. The molecule has 0 aliphatic rings. The highest BCUT2D eigenvalue weighted by Crippen LogP contribution is 2.23. The molecule has 1 amide bonds. The maximum absolute atomic E-state index is 13.9. The van der Waals surface area contributed by atoms with Crippen LogP contribution in [0.25, 0.3) is 0 Å². The summed E-state index contributed by atoms with van der Waals surface area (Å²) < 4.78 is 16.0. The maximum Gasteiger partial charge on any atom is 0.259 e. The van der Waals surface area contributed by atoms with E-state index < -0.39 is 11.7 Å². The van der Waals surface area contributed by atoms with Gasteiger partial charge in [0, 0.05) is 20.6 Å². The quantitative estimate of drug-likeness (QED) is 0.588. The van der Waals surface area contributed by atoms with Gasteiger partial charge in [0.1, 0.15) is 11.6 Å². The van der Waals surface area contributed by atoms with Gasteiger partial charge in [0.2, 0.25) is 0 Å². The van der Waals surface area contributed by atoms with E-state index in [2.05, 4.69) is 26.3 Å². The predicted octanol–water partition coefficient (Wildman–Crippen LogP) is 5.39.